The van der Waals surface area contributed by atoms with Crippen molar-refractivity contribution in [1.82, 2.24) is 5.32 Å². The predicted octanol–water partition coefficient (Wildman–Crippen LogP) is 3.31. The Hall–Kier alpha value is -1.76. The molecule has 0 saturated carbocycles. The van der Waals surface area contributed by atoms with E-state index in [4.69, 9.17) is 9.84 Å². The van der Waals surface area contributed by atoms with Crippen LogP contribution < -0.4 is 5.32 Å². The number of aliphatic hydroxyl groups excluding tert-OH is 1. The van der Waals surface area contributed by atoms with Gasteiger partial charge in [0.1, 0.15) is 5.60 Å². The van der Waals surface area contributed by atoms with E-state index >= 15 is 0 Å². The van der Waals surface area contributed by atoms with Crippen LogP contribution in [-0.2, 0) is 11.3 Å². The number of halogens is 3. The first-order valence-corrected chi connectivity index (χ1v) is 6.29. The molecule has 0 heterocycles. The van der Waals surface area contributed by atoms with Crippen molar-refractivity contribution in [1.29, 1.82) is 0 Å². The molecule has 0 aliphatic heterocycles. The Bertz CT molecular complexity index is 478. The predicted molar refractivity (Wildman–Crippen MR) is 70.5 cm³/mol. The summed E-state index contributed by atoms with van der Waals surface area (Å²) in [6.45, 7) is 5.29. The summed E-state index contributed by atoms with van der Waals surface area (Å²) >= 11 is 0. The minimum Gasteiger partial charge on any atom is -0.444 e. The van der Waals surface area contributed by atoms with Crippen molar-refractivity contribution in [2.24, 2.45) is 0 Å². The minimum absolute atomic E-state index is 0.122. The van der Waals surface area contributed by atoms with Crippen LogP contribution in [0, 0.1) is 0 Å². The number of benzene rings is 1. The van der Waals surface area contributed by atoms with Crippen LogP contribution in [0.5, 0.6) is 0 Å². The molecule has 4 nitrogen and oxygen atoms in total. The van der Waals surface area contributed by atoms with Crippen LogP contribution in [0.3, 0.4) is 0 Å². The average Bonchev–Trinajstić information content (AvgIpc) is 2.33. The van der Waals surface area contributed by atoms with Gasteiger partial charge in [-0.1, -0.05) is 24.3 Å². The van der Waals surface area contributed by atoms with Crippen LogP contribution in [0.1, 0.15) is 38.0 Å². The van der Waals surface area contributed by atoms with E-state index in [0.717, 1.165) is 0 Å². The second-order valence-electron chi connectivity index (χ2n) is 5.54. The molecule has 1 atom stereocenters. The summed E-state index contributed by atoms with van der Waals surface area (Å²) in [4.78, 5) is 11.4. The molecule has 0 spiro atoms. The van der Waals surface area contributed by atoms with Crippen LogP contribution in [0.2, 0.25) is 0 Å². The maximum atomic E-state index is 12.3. The lowest BCUT2D eigenvalue weighted by atomic mass is 10.1. The van der Waals surface area contributed by atoms with Crippen molar-refractivity contribution in [3.8, 4) is 0 Å². The molecule has 1 rings (SSSR count). The van der Waals surface area contributed by atoms with Gasteiger partial charge in [-0.3, -0.25) is 0 Å². The van der Waals surface area contributed by atoms with E-state index < -0.39 is 24.0 Å². The Labute approximate surface area is 120 Å². The quantitative estimate of drug-likeness (QED) is 0.900. The Morgan fingerprint density at radius 3 is 2.19 bits per heavy atom. The van der Waals surface area contributed by atoms with Gasteiger partial charge in [-0.05, 0) is 31.9 Å². The molecule has 0 aromatic heterocycles. The van der Waals surface area contributed by atoms with Crippen LogP contribution in [0.25, 0.3) is 0 Å². The Kier molecular flexibility index (Phi) is 5.22. The van der Waals surface area contributed by atoms with Gasteiger partial charge in [-0.2, -0.15) is 13.2 Å². The van der Waals surface area contributed by atoms with Crippen molar-refractivity contribution in [2.75, 3.05) is 0 Å². The van der Waals surface area contributed by atoms with Gasteiger partial charge < -0.3 is 15.2 Å². The fourth-order valence-corrected chi connectivity index (χ4v) is 1.50. The number of amides is 1. The van der Waals surface area contributed by atoms with Gasteiger partial charge in [-0.15, -0.1) is 0 Å². The summed E-state index contributed by atoms with van der Waals surface area (Å²) in [5.74, 6) is 0. The molecule has 1 aromatic carbocycles. The molecule has 0 aliphatic carbocycles. The van der Waals surface area contributed by atoms with E-state index in [0.29, 0.717) is 5.56 Å². The van der Waals surface area contributed by atoms with Gasteiger partial charge in [0.2, 0.25) is 0 Å². The topological polar surface area (TPSA) is 58.6 Å². The minimum atomic E-state index is -4.70. The van der Waals surface area contributed by atoms with Gasteiger partial charge >= 0.3 is 12.3 Å². The fourth-order valence-electron chi connectivity index (χ4n) is 1.50. The number of carbonyl (C=O) groups is 1. The normalized spacial score (nSPS) is 13.7. The third-order valence-electron chi connectivity index (χ3n) is 2.44. The Morgan fingerprint density at radius 2 is 1.76 bits per heavy atom. The number of alkyl carbamates (subject to hydrolysis) is 1. The number of carbonyl (C=O) groups excluding carboxylic acids is 1. The molecule has 0 aliphatic rings. The van der Waals surface area contributed by atoms with Crippen LogP contribution >= 0.6 is 0 Å². The highest BCUT2D eigenvalue weighted by Crippen LogP contribution is 2.32. The lowest BCUT2D eigenvalue weighted by Crippen LogP contribution is -2.32. The van der Waals surface area contributed by atoms with Crippen LogP contribution in [0.15, 0.2) is 24.3 Å². The zero-order valence-electron chi connectivity index (χ0n) is 12.0. The van der Waals surface area contributed by atoms with E-state index in [2.05, 4.69) is 5.32 Å². The standard InChI is InChI=1S/C14H18F3NO3/c1-13(2,3)21-12(20)18-8-9-4-6-10(7-5-9)11(19)14(15,16)17/h4-7,11,19H,8H2,1-3H3,(H,18,20). The molecule has 21 heavy (non-hydrogen) atoms. The lowest BCUT2D eigenvalue weighted by Gasteiger charge is -2.19. The first-order valence-electron chi connectivity index (χ1n) is 6.29. The highest BCUT2D eigenvalue weighted by molar-refractivity contribution is 5.67. The maximum absolute atomic E-state index is 12.3. The molecule has 7 heteroatoms. The average molecular weight is 305 g/mol. The third-order valence-corrected chi connectivity index (χ3v) is 2.44. The number of aliphatic hydroxyl groups is 1. The molecule has 2 N–H and O–H groups in total. The highest BCUT2D eigenvalue weighted by Gasteiger charge is 2.39. The van der Waals surface area contributed by atoms with E-state index in [1.807, 2.05) is 0 Å². The van der Waals surface area contributed by atoms with Crippen molar-refractivity contribution >= 4 is 6.09 Å². The van der Waals surface area contributed by atoms with Gasteiger partial charge in [-0.25, -0.2) is 4.79 Å². The van der Waals surface area contributed by atoms with Crippen molar-refractivity contribution in [2.45, 2.75) is 45.2 Å². The van der Waals surface area contributed by atoms with Crippen LogP contribution in [0.4, 0.5) is 18.0 Å². The molecule has 0 saturated heterocycles. The third kappa shape index (κ3) is 6.03. The van der Waals surface area contributed by atoms with Gasteiger partial charge in [0, 0.05) is 6.54 Å². The van der Waals surface area contributed by atoms with Crippen molar-refractivity contribution < 1.29 is 27.8 Å². The number of rotatable bonds is 3. The number of hydrogen-bond donors (Lipinski definition) is 2. The number of ether oxygens (including phenoxy) is 1. The summed E-state index contributed by atoms with van der Waals surface area (Å²) < 4.78 is 42.0. The maximum Gasteiger partial charge on any atom is 0.418 e. The van der Waals surface area contributed by atoms with Gasteiger partial charge in [0.15, 0.2) is 6.10 Å². The molecule has 0 fully saturated rings. The molecule has 0 bridgehead atoms. The van der Waals surface area contributed by atoms with Gasteiger partial charge in [0.25, 0.3) is 0 Å². The highest BCUT2D eigenvalue weighted by atomic mass is 19.4. The van der Waals surface area contributed by atoms with Crippen molar-refractivity contribution in [3.63, 3.8) is 0 Å². The number of alkyl halides is 3. The first-order chi connectivity index (χ1) is 9.49. The Balaban J connectivity index is 2.58. The van der Waals surface area contributed by atoms with E-state index in [-0.39, 0.29) is 12.1 Å². The van der Waals surface area contributed by atoms with Gasteiger partial charge in [0.05, 0.1) is 0 Å². The molecule has 0 radical (unpaired) electrons. The molecule has 118 valence electrons. The Morgan fingerprint density at radius 1 is 1.24 bits per heavy atom. The summed E-state index contributed by atoms with van der Waals surface area (Å²) in [5.41, 5.74) is -0.271. The lowest BCUT2D eigenvalue weighted by molar-refractivity contribution is -0.206. The zero-order chi connectivity index (χ0) is 16.3. The number of nitrogens with one attached hydrogen (secondary N) is 1. The summed E-state index contributed by atoms with van der Waals surface area (Å²) in [5, 5.41) is 11.6. The second kappa shape index (κ2) is 6.34. The number of hydrogen-bond acceptors (Lipinski definition) is 3. The van der Waals surface area contributed by atoms with E-state index in [1.165, 1.54) is 24.3 Å². The molecule has 1 amide bonds. The fraction of sp³-hybridized carbons (Fsp3) is 0.500. The van der Waals surface area contributed by atoms with Crippen molar-refractivity contribution in [3.05, 3.63) is 35.4 Å². The van der Waals surface area contributed by atoms with E-state index in [1.54, 1.807) is 20.8 Å². The largest absolute Gasteiger partial charge is 0.444 e. The SMILES string of the molecule is CC(C)(C)OC(=O)NCc1ccc(C(O)C(F)(F)F)cc1. The molecule has 1 unspecified atom stereocenters. The molecule has 1 aromatic rings. The summed E-state index contributed by atoms with van der Waals surface area (Å²) in [6.07, 6.45) is -7.82. The van der Waals surface area contributed by atoms with E-state index in [9.17, 15) is 18.0 Å². The first kappa shape index (κ1) is 17.3. The molecular weight excluding hydrogens is 287 g/mol. The smallest absolute Gasteiger partial charge is 0.418 e. The van der Waals surface area contributed by atoms with Crippen LogP contribution in [-0.4, -0.2) is 23.0 Å². The zero-order valence-corrected chi connectivity index (χ0v) is 12.0. The summed E-state index contributed by atoms with van der Waals surface area (Å²) in [7, 11) is 0. The second-order valence-corrected chi connectivity index (χ2v) is 5.54. The monoisotopic (exact) mass is 305 g/mol. The molecular formula is C14H18F3NO3. The summed E-state index contributed by atoms with van der Waals surface area (Å²) in [6, 6.07) is 5.15.